The first kappa shape index (κ1) is 14.9. The lowest BCUT2D eigenvalue weighted by Crippen LogP contribution is -2.06. The van der Waals surface area contributed by atoms with Crippen LogP contribution in [0.5, 0.6) is 11.5 Å². The molecule has 3 nitrogen and oxygen atoms in total. The van der Waals surface area contributed by atoms with Crippen LogP contribution in [0, 0.1) is 24.1 Å². The monoisotopic (exact) mass is 285 g/mol. The van der Waals surface area contributed by atoms with Crippen molar-refractivity contribution < 1.29 is 13.9 Å². The van der Waals surface area contributed by atoms with Crippen LogP contribution in [0.25, 0.3) is 0 Å². The summed E-state index contributed by atoms with van der Waals surface area (Å²) in [5, 5.41) is 8.93. The molecule has 2 aromatic carbocycles. The zero-order valence-corrected chi connectivity index (χ0v) is 11.8. The van der Waals surface area contributed by atoms with Gasteiger partial charge in [-0.3, -0.25) is 0 Å². The van der Waals surface area contributed by atoms with Gasteiger partial charge in [-0.2, -0.15) is 5.26 Å². The van der Waals surface area contributed by atoms with Crippen molar-refractivity contribution in [1.29, 1.82) is 5.26 Å². The molecule has 0 aliphatic heterocycles. The molecule has 0 aliphatic carbocycles. The van der Waals surface area contributed by atoms with E-state index in [9.17, 15) is 4.39 Å². The molecule has 0 saturated heterocycles. The molecule has 0 spiro atoms. The highest BCUT2D eigenvalue weighted by Crippen LogP contribution is 2.20. The lowest BCUT2D eigenvalue weighted by molar-refractivity contribution is 0.241. The SMILES string of the molecule is Cc1cccc(OCCCOc2ccccc2C#N)c1F. The maximum Gasteiger partial charge on any atom is 0.167 e. The number of nitrogens with zero attached hydrogens (tertiary/aromatic N) is 1. The van der Waals surface area contributed by atoms with Crippen LogP contribution in [0.3, 0.4) is 0 Å². The van der Waals surface area contributed by atoms with Gasteiger partial charge in [-0.25, -0.2) is 4.39 Å². The number of ether oxygens (including phenoxy) is 2. The van der Waals surface area contributed by atoms with Gasteiger partial charge in [-0.15, -0.1) is 0 Å². The van der Waals surface area contributed by atoms with Crippen molar-refractivity contribution in [2.24, 2.45) is 0 Å². The number of benzene rings is 2. The molecule has 0 atom stereocenters. The van der Waals surface area contributed by atoms with Crippen LogP contribution in [0.2, 0.25) is 0 Å². The van der Waals surface area contributed by atoms with Gasteiger partial charge < -0.3 is 9.47 Å². The van der Waals surface area contributed by atoms with Gasteiger partial charge in [0.2, 0.25) is 0 Å². The maximum atomic E-state index is 13.7. The lowest BCUT2D eigenvalue weighted by atomic mass is 10.2. The molecule has 0 fully saturated rings. The fourth-order valence-corrected chi connectivity index (χ4v) is 1.84. The average Bonchev–Trinajstić information content (AvgIpc) is 2.51. The van der Waals surface area contributed by atoms with Gasteiger partial charge in [0, 0.05) is 6.42 Å². The molecule has 0 unspecified atom stereocenters. The molecule has 4 heteroatoms. The number of aryl methyl sites for hydroxylation is 1. The molecule has 0 radical (unpaired) electrons. The van der Waals surface area contributed by atoms with Gasteiger partial charge >= 0.3 is 0 Å². The molecular formula is C17H16FNO2. The highest BCUT2D eigenvalue weighted by Gasteiger charge is 2.05. The molecule has 0 aromatic heterocycles. The third-order valence-electron chi connectivity index (χ3n) is 2.97. The number of nitriles is 1. The highest BCUT2D eigenvalue weighted by atomic mass is 19.1. The average molecular weight is 285 g/mol. The second kappa shape index (κ2) is 7.30. The number of hydrogen-bond acceptors (Lipinski definition) is 3. The van der Waals surface area contributed by atoms with E-state index in [1.807, 2.05) is 6.07 Å². The van der Waals surface area contributed by atoms with Gasteiger partial charge in [0.05, 0.1) is 18.8 Å². The minimum atomic E-state index is -0.326. The molecule has 108 valence electrons. The summed E-state index contributed by atoms with van der Waals surface area (Å²) in [5.41, 5.74) is 1.06. The Kier molecular flexibility index (Phi) is 5.16. The lowest BCUT2D eigenvalue weighted by Gasteiger charge is -2.10. The second-order valence-electron chi connectivity index (χ2n) is 4.55. The van der Waals surface area contributed by atoms with E-state index >= 15 is 0 Å². The number of hydrogen-bond donors (Lipinski definition) is 0. The first-order valence-corrected chi connectivity index (χ1v) is 6.72. The minimum Gasteiger partial charge on any atom is -0.492 e. The van der Waals surface area contributed by atoms with E-state index in [1.165, 1.54) is 0 Å². The smallest absolute Gasteiger partial charge is 0.167 e. The van der Waals surface area contributed by atoms with E-state index in [-0.39, 0.29) is 11.6 Å². The van der Waals surface area contributed by atoms with Gasteiger partial charge in [0.15, 0.2) is 11.6 Å². The van der Waals surface area contributed by atoms with Crippen LogP contribution in [0.4, 0.5) is 4.39 Å². The first-order chi connectivity index (χ1) is 10.2. The Labute approximate surface area is 123 Å². The summed E-state index contributed by atoms with van der Waals surface area (Å²) in [4.78, 5) is 0. The van der Waals surface area contributed by atoms with Gasteiger partial charge in [0.1, 0.15) is 11.8 Å². The number of para-hydroxylation sites is 1. The van der Waals surface area contributed by atoms with Gasteiger partial charge in [-0.1, -0.05) is 24.3 Å². The van der Waals surface area contributed by atoms with Crippen LogP contribution < -0.4 is 9.47 Å². The molecule has 0 heterocycles. The van der Waals surface area contributed by atoms with E-state index in [0.717, 1.165) is 0 Å². The Balaban J connectivity index is 1.78. The normalized spacial score (nSPS) is 9.95. The van der Waals surface area contributed by atoms with E-state index in [1.54, 1.807) is 43.3 Å². The van der Waals surface area contributed by atoms with Crippen LogP contribution in [-0.2, 0) is 0 Å². The maximum absolute atomic E-state index is 13.7. The third-order valence-corrected chi connectivity index (χ3v) is 2.97. The van der Waals surface area contributed by atoms with Crippen molar-refractivity contribution in [3.8, 4) is 17.6 Å². The van der Waals surface area contributed by atoms with Crippen molar-refractivity contribution in [2.45, 2.75) is 13.3 Å². The summed E-state index contributed by atoms with van der Waals surface area (Å²) >= 11 is 0. The predicted octanol–water partition coefficient (Wildman–Crippen LogP) is 3.85. The Hall–Kier alpha value is -2.54. The van der Waals surface area contributed by atoms with Crippen LogP contribution >= 0.6 is 0 Å². The van der Waals surface area contributed by atoms with Crippen molar-refractivity contribution >= 4 is 0 Å². The summed E-state index contributed by atoms with van der Waals surface area (Å²) in [5.74, 6) is 0.488. The van der Waals surface area contributed by atoms with E-state index in [0.29, 0.717) is 36.5 Å². The van der Waals surface area contributed by atoms with E-state index in [4.69, 9.17) is 14.7 Å². The summed E-state index contributed by atoms with van der Waals surface area (Å²) < 4.78 is 24.6. The quantitative estimate of drug-likeness (QED) is 0.757. The Bertz CT molecular complexity index is 649. The van der Waals surface area contributed by atoms with Crippen LogP contribution in [-0.4, -0.2) is 13.2 Å². The highest BCUT2D eigenvalue weighted by molar-refractivity contribution is 5.42. The van der Waals surface area contributed by atoms with Crippen molar-refractivity contribution in [3.63, 3.8) is 0 Å². The van der Waals surface area contributed by atoms with Gasteiger partial charge in [0.25, 0.3) is 0 Å². The number of rotatable bonds is 6. The third kappa shape index (κ3) is 3.96. The molecule has 0 aliphatic rings. The molecule has 0 amide bonds. The topological polar surface area (TPSA) is 42.2 Å². The molecule has 0 N–H and O–H groups in total. The fraction of sp³-hybridized carbons (Fsp3) is 0.235. The second-order valence-corrected chi connectivity index (χ2v) is 4.55. The van der Waals surface area contributed by atoms with Crippen LogP contribution in [0.15, 0.2) is 42.5 Å². The molecule has 21 heavy (non-hydrogen) atoms. The summed E-state index contributed by atoms with van der Waals surface area (Å²) in [6.07, 6.45) is 0.604. The Morgan fingerprint density at radius 2 is 1.67 bits per heavy atom. The van der Waals surface area contributed by atoms with Crippen molar-refractivity contribution in [2.75, 3.05) is 13.2 Å². The summed E-state index contributed by atoms with van der Waals surface area (Å²) in [7, 11) is 0. The fourth-order valence-electron chi connectivity index (χ4n) is 1.84. The van der Waals surface area contributed by atoms with E-state index < -0.39 is 0 Å². The van der Waals surface area contributed by atoms with Crippen molar-refractivity contribution in [1.82, 2.24) is 0 Å². The minimum absolute atomic E-state index is 0.257. The molecule has 0 bridgehead atoms. The van der Waals surface area contributed by atoms with Gasteiger partial charge in [-0.05, 0) is 30.7 Å². The molecule has 2 rings (SSSR count). The van der Waals surface area contributed by atoms with E-state index in [2.05, 4.69) is 6.07 Å². The summed E-state index contributed by atoms with van der Waals surface area (Å²) in [6, 6.07) is 14.2. The Morgan fingerprint density at radius 3 is 2.43 bits per heavy atom. The predicted molar refractivity (Wildman–Crippen MR) is 77.9 cm³/mol. The zero-order valence-electron chi connectivity index (χ0n) is 11.8. The zero-order chi connectivity index (χ0) is 15.1. The number of halogens is 1. The molecule has 0 saturated carbocycles. The molecule has 2 aromatic rings. The molecular weight excluding hydrogens is 269 g/mol. The van der Waals surface area contributed by atoms with Crippen molar-refractivity contribution in [3.05, 3.63) is 59.4 Å². The summed E-state index contributed by atoms with van der Waals surface area (Å²) in [6.45, 7) is 2.46. The first-order valence-electron chi connectivity index (χ1n) is 6.72. The van der Waals surface area contributed by atoms with Crippen LogP contribution in [0.1, 0.15) is 17.5 Å². The Morgan fingerprint density at radius 1 is 1.00 bits per heavy atom. The standard InChI is InChI=1S/C17H16FNO2/c1-13-6-4-9-16(17(13)18)21-11-5-10-20-15-8-3-2-7-14(15)12-19/h2-4,6-9H,5,10-11H2,1H3. The largest absolute Gasteiger partial charge is 0.492 e.